The highest BCUT2D eigenvalue weighted by Crippen LogP contribution is 2.13. The molecule has 2 N–H and O–H groups in total. The van der Waals surface area contributed by atoms with E-state index < -0.39 is 0 Å². The van der Waals surface area contributed by atoms with Crippen LogP contribution in [0.2, 0.25) is 0 Å². The van der Waals surface area contributed by atoms with E-state index in [0.29, 0.717) is 6.61 Å². The SMILES string of the molecule is Cc1ccc(CC(C)NC(=O)[C@H]2NCCO[C@@H]2C)c(C)c1.Cl. The van der Waals surface area contributed by atoms with Gasteiger partial charge in [-0.1, -0.05) is 23.8 Å². The largest absolute Gasteiger partial charge is 0.375 e. The lowest BCUT2D eigenvalue weighted by molar-refractivity contribution is -0.129. The number of ether oxygens (including phenoxy) is 1. The molecule has 3 atom stereocenters. The van der Waals surface area contributed by atoms with Gasteiger partial charge in [0.25, 0.3) is 0 Å². The van der Waals surface area contributed by atoms with Gasteiger partial charge in [0, 0.05) is 12.6 Å². The Morgan fingerprint density at radius 3 is 2.82 bits per heavy atom. The van der Waals surface area contributed by atoms with Crippen molar-refractivity contribution >= 4 is 18.3 Å². The summed E-state index contributed by atoms with van der Waals surface area (Å²) >= 11 is 0. The van der Waals surface area contributed by atoms with Gasteiger partial charge < -0.3 is 15.4 Å². The van der Waals surface area contributed by atoms with Crippen LogP contribution in [0.4, 0.5) is 0 Å². The summed E-state index contributed by atoms with van der Waals surface area (Å²) < 4.78 is 5.52. The summed E-state index contributed by atoms with van der Waals surface area (Å²) in [6.07, 6.45) is 0.770. The van der Waals surface area contributed by atoms with Crippen LogP contribution < -0.4 is 10.6 Å². The maximum absolute atomic E-state index is 12.3. The monoisotopic (exact) mass is 326 g/mol. The van der Waals surface area contributed by atoms with Crippen molar-refractivity contribution in [2.24, 2.45) is 0 Å². The highest BCUT2D eigenvalue weighted by Gasteiger charge is 2.28. The van der Waals surface area contributed by atoms with E-state index in [4.69, 9.17) is 4.74 Å². The molecule has 2 rings (SSSR count). The van der Waals surface area contributed by atoms with Crippen molar-refractivity contribution in [2.45, 2.75) is 52.3 Å². The minimum atomic E-state index is -0.250. The molecular weight excluding hydrogens is 300 g/mol. The minimum absolute atomic E-state index is 0. The van der Waals surface area contributed by atoms with Crippen molar-refractivity contribution in [3.63, 3.8) is 0 Å². The van der Waals surface area contributed by atoms with Gasteiger partial charge in [-0.05, 0) is 45.2 Å². The first-order chi connectivity index (χ1) is 9.97. The third kappa shape index (κ3) is 4.97. The quantitative estimate of drug-likeness (QED) is 0.891. The summed E-state index contributed by atoms with van der Waals surface area (Å²) in [6, 6.07) is 6.31. The first-order valence-electron chi connectivity index (χ1n) is 7.69. The van der Waals surface area contributed by atoms with Crippen LogP contribution >= 0.6 is 12.4 Å². The number of aryl methyl sites for hydroxylation is 2. The maximum Gasteiger partial charge on any atom is 0.240 e. The standard InChI is InChI=1S/C17H26N2O2.ClH/c1-11-5-6-15(12(2)9-11)10-13(3)19-17(20)16-14(4)21-8-7-18-16;/h5-6,9,13-14,16,18H,7-8,10H2,1-4H3,(H,19,20);1H/t13?,14-,16+;/m1./s1. The predicted octanol–water partition coefficient (Wildman–Crippen LogP) is 2.15. The Labute approximate surface area is 139 Å². The lowest BCUT2D eigenvalue weighted by atomic mass is 9.99. The third-order valence-electron chi connectivity index (χ3n) is 4.01. The lowest BCUT2D eigenvalue weighted by Gasteiger charge is -2.30. The van der Waals surface area contributed by atoms with Crippen LogP contribution in [0.5, 0.6) is 0 Å². The second-order valence-electron chi connectivity index (χ2n) is 6.05. The fourth-order valence-corrected chi connectivity index (χ4v) is 2.82. The number of carbonyl (C=O) groups excluding carboxylic acids is 1. The number of halogens is 1. The molecule has 0 spiro atoms. The van der Waals surface area contributed by atoms with Crippen molar-refractivity contribution in [1.29, 1.82) is 0 Å². The predicted molar refractivity (Wildman–Crippen MR) is 91.7 cm³/mol. The molecule has 4 nitrogen and oxygen atoms in total. The van der Waals surface area contributed by atoms with Gasteiger partial charge in [0.05, 0.1) is 12.7 Å². The second kappa shape index (κ2) is 8.51. The molecule has 0 radical (unpaired) electrons. The molecule has 0 aliphatic carbocycles. The van der Waals surface area contributed by atoms with Gasteiger partial charge in [-0.3, -0.25) is 4.79 Å². The molecule has 0 aromatic heterocycles. The van der Waals surface area contributed by atoms with Crippen LogP contribution in [0.3, 0.4) is 0 Å². The van der Waals surface area contributed by atoms with Crippen molar-refractivity contribution < 1.29 is 9.53 Å². The minimum Gasteiger partial charge on any atom is -0.375 e. The maximum atomic E-state index is 12.3. The van der Waals surface area contributed by atoms with E-state index in [2.05, 4.69) is 42.7 Å². The zero-order valence-corrected chi connectivity index (χ0v) is 14.6. The Bertz CT molecular complexity index is 507. The summed E-state index contributed by atoms with van der Waals surface area (Å²) in [7, 11) is 0. The Morgan fingerprint density at radius 2 is 2.18 bits per heavy atom. The Kier molecular flexibility index (Phi) is 7.33. The first-order valence-corrected chi connectivity index (χ1v) is 7.69. The molecule has 124 valence electrons. The lowest BCUT2D eigenvalue weighted by Crippen LogP contribution is -2.56. The normalized spacial score (nSPS) is 22.5. The van der Waals surface area contributed by atoms with Gasteiger partial charge in [0.2, 0.25) is 5.91 Å². The van der Waals surface area contributed by atoms with Gasteiger partial charge in [-0.25, -0.2) is 0 Å². The van der Waals surface area contributed by atoms with E-state index in [1.807, 2.05) is 13.8 Å². The molecule has 1 aromatic carbocycles. The molecule has 1 fully saturated rings. The summed E-state index contributed by atoms with van der Waals surface area (Å²) in [6.45, 7) is 9.60. The zero-order valence-electron chi connectivity index (χ0n) is 13.8. The highest BCUT2D eigenvalue weighted by molar-refractivity contribution is 5.85. The van der Waals surface area contributed by atoms with Crippen molar-refractivity contribution in [3.8, 4) is 0 Å². The molecule has 1 aromatic rings. The molecule has 22 heavy (non-hydrogen) atoms. The molecule has 1 aliphatic heterocycles. The fraction of sp³-hybridized carbons (Fsp3) is 0.588. The van der Waals surface area contributed by atoms with E-state index in [0.717, 1.165) is 13.0 Å². The van der Waals surface area contributed by atoms with Crippen molar-refractivity contribution in [2.75, 3.05) is 13.2 Å². The number of amides is 1. The van der Waals surface area contributed by atoms with Crippen LogP contribution in [-0.4, -0.2) is 37.2 Å². The Hall–Kier alpha value is -1.10. The van der Waals surface area contributed by atoms with E-state index in [1.165, 1.54) is 16.7 Å². The number of hydrogen-bond donors (Lipinski definition) is 2. The smallest absolute Gasteiger partial charge is 0.240 e. The van der Waals surface area contributed by atoms with Gasteiger partial charge in [0.15, 0.2) is 0 Å². The summed E-state index contributed by atoms with van der Waals surface area (Å²) in [5.41, 5.74) is 3.84. The van der Waals surface area contributed by atoms with E-state index >= 15 is 0 Å². The van der Waals surface area contributed by atoms with E-state index in [1.54, 1.807) is 0 Å². The van der Waals surface area contributed by atoms with Crippen molar-refractivity contribution in [3.05, 3.63) is 34.9 Å². The fourth-order valence-electron chi connectivity index (χ4n) is 2.82. The van der Waals surface area contributed by atoms with Crippen LogP contribution in [0, 0.1) is 13.8 Å². The molecular formula is C17H27ClN2O2. The zero-order chi connectivity index (χ0) is 15.4. The summed E-state index contributed by atoms with van der Waals surface area (Å²) in [4.78, 5) is 12.3. The molecule has 1 saturated heterocycles. The number of nitrogens with one attached hydrogen (secondary N) is 2. The van der Waals surface area contributed by atoms with Crippen LogP contribution in [0.15, 0.2) is 18.2 Å². The third-order valence-corrected chi connectivity index (χ3v) is 4.01. The number of rotatable bonds is 4. The molecule has 1 amide bonds. The molecule has 0 bridgehead atoms. The van der Waals surface area contributed by atoms with Gasteiger partial charge in [0.1, 0.15) is 6.04 Å². The van der Waals surface area contributed by atoms with Gasteiger partial charge in [-0.2, -0.15) is 0 Å². The average Bonchev–Trinajstić information content (AvgIpc) is 2.42. The molecule has 1 unspecified atom stereocenters. The van der Waals surface area contributed by atoms with Gasteiger partial charge in [-0.15, -0.1) is 12.4 Å². The highest BCUT2D eigenvalue weighted by atomic mass is 35.5. The summed E-state index contributed by atoms with van der Waals surface area (Å²) in [5, 5.41) is 6.31. The van der Waals surface area contributed by atoms with Gasteiger partial charge >= 0.3 is 0 Å². The summed E-state index contributed by atoms with van der Waals surface area (Å²) in [5.74, 6) is 0.0273. The number of morpholine rings is 1. The topological polar surface area (TPSA) is 50.4 Å². The van der Waals surface area contributed by atoms with Crippen LogP contribution in [0.1, 0.15) is 30.5 Å². The number of carbonyl (C=O) groups is 1. The van der Waals surface area contributed by atoms with E-state index in [9.17, 15) is 4.79 Å². The Morgan fingerprint density at radius 1 is 1.45 bits per heavy atom. The van der Waals surface area contributed by atoms with E-state index in [-0.39, 0.29) is 36.5 Å². The van der Waals surface area contributed by atoms with Crippen LogP contribution in [-0.2, 0) is 16.0 Å². The molecule has 5 heteroatoms. The van der Waals surface area contributed by atoms with Crippen molar-refractivity contribution in [1.82, 2.24) is 10.6 Å². The Balaban J connectivity index is 0.00000242. The number of benzene rings is 1. The molecule has 0 saturated carbocycles. The number of hydrogen-bond acceptors (Lipinski definition) is 3. The second-order valence-corrected chi connectivity index (χ2v) is 6.05. The molecule has 1 heterocycles. The van der Waals surface area contributed by atoms with Crippen LogP contribution in [0.25, 0.3) is 0 Å². The average molecular weight is 327 g/mol. The first kappa shape index (κ1) is 18.9. The molecule has 1 aliphatic rings.